The molecule has 9 heteroatoms. The van der Waals surface area contributed by atoms with E-state index in [1.165, 1.54) is 5.56 Å². The lowest BCUT2D eigenvalue weighted by atomic mass is 10.0. The molecule has 0 aliphatic carbocycles. The number of H-pyrrole nitrogens is 1. The molecule has 0 saturated carbocycles. The van der Waals surface area contributed by atoms with Crippen molar-refractivity contribution in [2.75, 3.05) is 37.9 Å². The molecule has 4 aromatic rings. The van der Waals surface area contributed by atoms with Gasteiger partial charge in [0.2, 0.25) is 6.79 Å². The van der Waals surface area contributed by atoms with Crippen molar-refractivity contribution in [3.63, 3.8) is 0 Å². The van der Waals surface area contributed by atoms with Crippen LogP contribution in [0.4, 0.5) is 5.82 Å². The van der Waals surface area contributed by atoms with E-state index in [0.717, 1.165) is 78.1 Å². The number of fused-ring (bicyclic) bond motifs is 1. The second kappa shape index (κ2) is 9.06. The first-order valence-electron chi connectivity index (χ1n) is 12.0. The summed E-state index contributed by atoms with van der Waals surface area (Å²) in [5.74, 6) is 2.55. The van der Waals surface area contributed by atoms with Crippen LogP contribution in [0, 0.1) is 18.3 Å². The maximum Gasteiger partial charge on any atom is 0.231 e. The number of nitriles is 1. The van der Waals surface area contributed by atoms with E-state index in [0.29, 0.717) is 5.56 Å². The van der Waals surface area contributed by atoms with Crippen molar-refractivity contribution in [1.82, 2.24) is 24.9 Å². The Hall–Kier alpha value is -4.29. The summed E-state index contributed by atoms with van der Waals surface area (Å²) in [7, 11) is 1.95. The normalized spacial score (nSPS) is 15.3. The zero-order chi connectivity index (χ0) is 24.6. The first-order valence-corrected chi connectivity index (χ1v) is 12.0. The SMILES string of the molecule is Cc1c(-c2cc(CN3CCN(c4cc(-c5ccc(C#N)cc5)[nH]n4)CC3)cc3c2OCO3)cnn1C. The highest BCUT2D eigenvalue weighted by Crippen LogP contribution is 2.43. The summed E-state index contributed by atoms with van der Waals surface area (Å²) in [5, 5.41) is 21.1. The fraction of sp³-hybridized carbons (Fsp3) is 0.296. The zero-order valence-electron chi connectivity index (χ0n) is 20.4. The molecule has 0 radical (unpaired) electrons. The molecule has 0 unspecified atom stereocenters. The average molecular weight is 482 g/mol. The van der Waals surface area contributed by atoms with Gasteiger partial charge in [0.15, 0.2) is 17.3 Å². The van der Waals surface area contributed by atoms with Crippen molar-refractivity contribution < 1.29 is 9.47 Å². The molecule has 1 fully saturated rings. The number of aromatic amines is 1. The summed E-state index contributed by atoms with van der Waals surface area (Å²) >= 11 is 0. The van der Waals surface area contributed by atoms with Crippen molar-refractivity contribution in [3.8, 4) is 40.0 Å². The number of benzene rings is 2. The smallest absolute Gasteiger partial charge is 0.231 e. The molecule has 2 aliphatic heterocycles. The highest BCUT2D eigenvalue weighted by Gasteiger charge is 2.25. The van der Waals surface area contributed by atoms with E-state index >= 15 is 0 Å². The molecule has 182 valence electrons. The van der Waals surface area contributed by atoms with Crippen molar-refractivity contribution >= 4 is 5.82 Å². The van der Waals surface area contributed by atoms with Gasteiger partial charge >= 0.3 is 0 Å². The van der Waals surface area contributed by atoms with Crippen LogP contribution in [0.25, 0.3) is 22.4 Å². The molecule has 4 heterocycles. The number of nitrogens with one attached hydrogen (secondary N) is 1. The summed E-state index contributed by atoms with van der Waals surface area (Å²) in [5.41, 5.74) is 7.04. The van der Waals surface area contributed by atoms with Crippen molar-refractivity contribution in [2.24, 2.45) is 7.05 Å². The minimum Gasteiger partial charge on any atom is -0.454 e. The fourth-order valence-corrected chi connectivity index (χ4v) is 4.86. The Morgan fingerprint density at radius 3 is 2.56 bits per heavy atom. The summed E-state index contributed by atoms with van der Waals surface area (Å²) in [6.45, 7) is 6.83. The minimum atomic E-state index is 0.248. The minimum absolute atomic E-state index is 0.248. The van der Waals surface area contributed by atoms with Crippen LogP contribution in [0.5, 0.6) is 11.5 Å². The van der Waals surface area contributed by atoms with Crippen LogP contribution in [0.3, 0.4) is 0 Å². The Morgan fingerprint density at radius 2 is 1.83 bits per heavy atom. The molecule has 0 amide bonds. The second-order valence-corrected chi connectivity index (χ2v) is 9.24. The van der Waals surface area contributed by atoms with E-state index in [-0.39, 0.29) is 6.79 Å². The van der Waals surface area contributed by atoms with E-state index in [9.17, 15) is 0 Å². The number of ether oxygens (including phenoxy) is 2. The van der Waals surface area contributed by atoms with Gasteiger partial charge in [-0.2, -0.15) is 15.5 Å². The van der Waals surface area contributed by atoms with Gasteiger partial charge in [0.05, 0.1) is 23.5 Å². The molecule has 1 N–H and O–H groups in total. The van der Waals surface area contributed by atoms with Crippen LogP contribution < -0.4 is 14.4 Å². The molecule has 0 spiro atoms. The summed E-state index contributed by atoms with van der Waals surface area (Å²) in [4.78, 5) is 4.77. The Bertz CT molecular complexity index is 1440. The monoisotopic (exact) mass is 481 g/mol. The van der Waals surface area contributed by atoms with E-state index in [2.05, 4.69) is 56.3 Å². The van der Waals surface area contributed by atoms with E-state index in [4.69, 9.17) is 14.7 Å². The molecular formula is C27H27N7O2. The number of anilines is 1. The third-order valence-electron chi connectivity index (χ3n) is 7.05. The van der Waals surface area contributed by atoms with Gasteiger partial charge in [-0.25, -0.2) is 0 Å². The average Bonchev–Trinajstić information content (AvgIpc) is 3.65. The van der Waals surface area contributed by atoms with Crippen LogP contribution in [-0.4, -0.2) is 57.8 Å². The summed E-state index contributed by atoms with van der Waals surface area (Å²) in [6, 6.07) is 16.1. The van der Waals surface area contributed by atoms with Crippen LogP contribution in [0.15, 0.2) is 48.7 Å². The van der Waals surface area contributed by atoms with Gasteiger partial charge in [-0.15, -0.1) is 0 Å². The zero-order valence-corrected chi connectivity index (χ0v) is 20.4. The van der Waals surface area contributed by atoms with Gasteiger partial charge < -0.3 is 14.4 Å². The lowest BCUT2D eigenvalue weighted by Gasteiger charge is -2.34. The van der Waals surface area contributed by atoms with Crippen LogP contribution in [0.2, 0.25) is 0 Å². The first-order chi connectivity index (χ1) is 17.6. The van der Waals surface area contributed by atoms with E-state index in [1.54, 1.807) is 0 Å². The number of hydrogen-bond donors (Lipinski definition) is 1. The molecule has 0 bridgehead atoms. The molecule has 2 aliphatic rings. The van der Waals surface area contributed by atoms with Crippen LogP contribution in [0.1, 0.15) is 16.8 Å². The van der Waals surface area contributed by atoms with E-state index in [1.807, 2.05) is 42.2 Å². The maximum atomic E-state index is 9.01. The largest absolute Gasteiger partial charge is 0.454 e. The number of nitrogens with zero attached hydrogens (tertiary/aromatic N) is 6. The lowest BCUT2D eigenvalue weighted by molar-refractivity contribution is 0.174. The van der Waals surface area contributed by atoms with Crippen LogP contribution in [-0.2, 0) is 13.6 Å². The van der Waals surface area contributed by atoms with Crippen molar-refractivity contribution in [3.05, 3.63) is 65.5 Å². The number of aryl methyl sites for hydroxylation is 1. The molecule has 0 atom stereocenters. The summed E-state index contributed by atoms with van der Waals surface area (Å²) in [6.07, 6.45) is 1.89. The van der Waals surface area contributed by atoms with Gasteiger partial charge in [-0.1, -0.05) is 12.1 Å². The molecule has 36 heavy (non-hydrogen) atoms. The Balaban J connectivity index is 1.14. The third kappa shape index (κ3) is 4.06. The molecule has 2 aromatic carbocycles. The number of rotatable bonds is 5. The van der Waals surface area contributed by atoms with Gasteiger partial charge in [0, 0.05) is 62.7 Å². The number of hydrogen-bond acceptors (Lipinski definition) is 7. The Labute approximate surface area is 209 Å². The molecule has 2 aromatic heterocycles. The van der Waals surface area contributed by atoms with E-state index < -0.39 is 0 Å². The fourth-order valence-electron chi connectivity index (χ4n) is 4.86. The number of aromatic nitrogens is 4. The Kier molecular flexibility index (Phi) is 5.58. The second-order valence-electron chi connectivity index (χ2n) is 9.24. The predicted molar refractivity (Wildman–Crippen MR) is 136 cm³/mol. The highest BCUT2D eigenvalue weighted by molar-refractivity contribution is 5.76. The summed E-state index contributed by atoms with van der Waals surface area (Å²) < 4.78 is 13.4. The van der Waals surface area contributed by atoms with Gasteiger partial charge in [-0.3, -0.25) is 14.7 Å². The highest BCUT2D eigenvalue weighted by atomic mass is 16.7. The number of piperazine rings is 1. The Morgan fingerprint density at radius 1 is 1.03 bits per heavy atom. The van der Waals surface area contributed by atoms with Crippen LogP contribution >= 0.6 is 0 Å². The predicted octanol–water partition coefficient (Wildman–Crippen LogP) is 3.71. The molecular weight excluding hydrogens is 454 g/mol. The lowest BCUT2D eigenvalue weighted by Crippen LogP contribution is -2.46. The molecule has 9 nitrogen and oxygen atoms in total. The standard InChI is InChI=1S/C27H27N7O2/c1-18-23(15-29-32(18)2)22-11-20(12-25-27(22)36-17-35-25)16-33-7-9-34(10-8-33)26-13-24(30-31-26)21-5-3-19(14-28)4-6-21/h3-6,11-13,15H,7-10,16-17H2,1-2H3,(H,30,31). The molecule has 1 saturated heterocycles. The van der Waals surface area contributed by atoms with Crippen molar-refractivity contribution in [2.45, 2.75) is 13.5 Å². The third-order valence-corrected chi connectivity index (χ3v) is 7.05. The molecule has 6 rings (SSSR count). The maximum absolute atomic E-state index is 9.01. The van der Waals surface area contributed by atoms with Gasteiger partial charge in [-0.05, 0) is 42.3 Å². The quantitative estimate of drug-likeness (QED) is 0.464. The van der Waals surface area contributed by atoms with Gasteiger partial charge in [0.1, 0.15) is 0 Å². The van der Waals surface area contributed by atoms with Gasteiger partial charge in [0.25, 0.3) is 0 Å². The topological polar surface area (TPSA) is 95.2 Å². The first kappa shape index (κ1) is 22.2. The van der Waals surface area contributed by atoms with Crippen molar-refractivity contribution in [1.29, 1.82) is 5.26 Å².